The van der Waals surface area contributed by atoms with Crippen molar-refractivity contribution in [1.29, 1.82) is 0 Å². The van der Waals surface area contributed by atoms with Crippen LogP contribution in [0.15, 0.2) is 12.5 Å². The van der Waals surface area contributed by atoms with E-state index in [0.29, 0.717) is 11.8 Å². The van der Waals surface area contributed by atoms with Gasteiger partial charge in [-0.1, -0.05) is 20.8 Å². The first-order valence-corrected chi connectivity index (χ1v) is 6.08. The van der Waals surface area contributed by atoms with Gasteiger partial charge in [-0.2, -0.15) is 0 Å². The summed E-state index contributed by atoms with van der Waals surface area (Å²) >= 11 is 0. The first-order chi connectivity index (χ1) is 7.38. The van der Waals surface area contributed by atoms with Crippen LogP contribution in [0.1, 0.15) is 40.3 Å². The summed E-state index contributed by atoms with van der Waals surface area (Å²) in [5, 5.41) is 3.33. The molecule has 1 atom stereocenters. The molecule has 0 fully saturated rings. The molecule has 0 aliphatic carbocycles. The fourth-order valence-electron chi connectivity index (χ4n) is 1.64. The highest BCUT2D eigenvalue weighted by atomic mass is 15.1. The Morgan fingerprint density at radius 2 is 2.00 bits per heavy atom. The molecule has 0 aliphatic heterocycles. The molecule has 1 unspecified atom stereocenters. The van der Waals surface area contributed by atoms with Gasteiger partial charge in [-0.3, -0.25) is 0 Å². The maximum atomic E-state index is 4.27. The Hall–Kier alpha value is -0.830. The molecule has 92 valence electrons. The number of aromatic nitrogens is 2. The van der Waals surface area contributed by atoms with Gasteiger partial charge >= 0.3 is 0 Å². The second-order valence-corrected chi connectivity index (χ2v) is 5.53. The van der Waals surface area contributed by atoms with E-state index in [-0.39, 0.29) is 5.54 Å². The van der Waals surface area contributed by atoms with Crippen LogP contribution in [-0.4, -0.2) is 16.6 Å². The summed E-state index contributed by atoms with van der Waals surface area (Å²) in [6, 6.07) is 0. The monoisotopic (exact) mass is 223 g/mol. The molecule has 1 aromatic heterocycles. The number of nitrogens with zero attached hydrogens (tertiary/aromatic N) is 2. The molecule has 3 nitrogen and oxygen atoms in total. The molecule has 1 aromatic rings. The Kier molecular flexibility index (Phi) is 4.14. The molecule has 0 spiro atoms. The molecule has 1 heterocycles. The molecule has 16 heavy (non-hydrogen) atoms. The molecule has 3 heteroatoms. The van der Waals surface area contributed by atoms with Gasteiger partial charge in [-0.15, -0.1) is 0 Å². The predicted octanol–water partition coefficient (Wildman–Crippen LogP) is 2.63. The normalized spacial score (nSPS) is 14.4. The van der Waals surface area contributed by atoms with Crippen molar-refractivity contribution in [2.75, 3.05) is 7.05 Å². The Balaban J connectivity index is 2.87. The maximum absolute atomic E-state index is 4.27. The molecule has 0 radical (unpaired) electrons. The summed E-state index contributed by atoms with van der Waals surface area (Å²) in [5.41, 5.74) is 1.23. The van der Waals surface area contributed by atoms with Gasteiger partial charge in [-0.05, 0) is 32.7 Å². The number of hydrogen-bond acceptors (Lipinski definition) is 2. The minimum absolute atomic E-state index is 0.0206. The van der Waals surface area contributed by atoms with Crippen LogP contribution < -0.4 is 5.32 Å². The number of hydrogen-bond donors (Lipinski definition) is 1. The average Bonchev–Trinajstić information content (AvgIpc) is 2.66. The van der Waals surface area contributed by atoms with E-state index < -0.39 is 0 Å². The quantitative estimate of drug-likeness (QED) is 0.831. The zero-order valence-corrected chi connectivity index (χ0v) is 11.4. The average molecular weight is 223 g/mol. The highest BCUT2D eigenvalue weighted by Crippen LogP contribution is 2.21. The second-order valence-electron chi connectivity index (χ2n) is 5.53. The van der Waals surface area contributed by atoms with Gasteiger partial charge in [0.15, 0.2) is 0 Å². The van der Waals surface area contributed by atoms with Crippen molar-refractivity contribution < 1.29 is 0 Å². The highest BCUT2D eigenvalue weighted by molar-refractivity contribution is 5.10. The Bertz CT molecular complexity index is 326. The lowest BCUT2D eigenvalue weighted by atomic mass is 9.96. The molecule has 0 aliphatic rings. The number of rotatable bonds is 5. The van der Waals surface area contributed by atoms with Crippen molar-refractivity contribution in [2.24, 2.45) is 11.8 Å². The van der Waals surface area contributed by atoms with E-state index in [1.165, 1.54) is 5.69 Å². The predicted molar refractivity (Wildman–Crippen MR) is 68.3 cm³/mol. The molecule has 0 saturated carbocycles. The third-order valence-electron chi connectivity index (χ3n) is 3.60. The minimum atomic E-state index is -0.0206. The van der Waals surface area contributed by atoms with Crippen molar-refractivity contribution in [3.05, 3.63) is 18.2 Å². The van der Waals surface area contributed by atoms with Crippen molar-refractivity contribution in [3.8, 4) is 0 Å². The Morgan fingerprint density at radius 3 is 2.50 bits per heavy atom. The second kappa shape index (κ2) is 5.00. The van der Waals surface area contributed by atoms with Gasteiger partial charge in [0.1, 0.15) is 0 Å². The van der Waals surface area contributed by atoms with Gasteiger partial charge in [0.2, 0.25) is 0 Å². The zero-order chi connectivity index (χ0) is 12.3. The van der Waals surface area contributed by atoms with E-state index in [4.69, 9.17) is 0 Å². The van der Waals surface area contributed by atoms with Gasteiger partial charge < -0.3 is 9.88 Å². The lowest BCUT2D eigenvalue weighted by molar-refractivity contribution is 0.337. The van der Waals surface area contributed by atoms with Crippen molar-refractivity contribution in [3.63, 3.8) is 0 Å². The van der Waals surface area contributed by atoms with Crippen molar-refractivity contribution in [1.82, 2.24) is 14.9 Å². The summed E-state index contributed by atoms with van der Waals surface area (Å²) in [6.45, 7) is 12.2. The summed E-state index contributed by atoms with van der Waals surface area (Å²) in [6.07, 6.45) is 3.90. The van der Waals surface area contributed by atoms with Crippen LogP contribution in [0.3, 0.4) is 0 Å². The van der Waals surface area contributed by atoms with Crippen LogP contribution in [0, 0.1) is 11.8 Å². The lowest BCUT2D eigenvalue weighted by Gasteiger charge is -2.27. The molecule has 0 bridgehead atoms. The van der Waals surface area contributed by atoms with E-state index in [0.717, 1.165) is 6.54 Å². The summed E-state index contributed by atoms with van der Waals surface area (Å²) in [4.78, 5) is 4.27. The first kappa shape index (κ1) is 13.2. The third kappa shape index (κ3) is 2.85. The summed E-state index contributed by atoms with van der Waals surface area (Å²) in [7, 11) is 1.99. The molecule has 0 aromatic carbocycles. The minimum Gasteiger partial charge on any atom is -0.333 e. The van der Waals surface area contributed by atoms with E-state index in [1.807, 2.05) is 19.6 Å². The molecular formula is C13H25N3. The molecule has 1 N–H and O–H groups in total. The van der Waals surface area contributed by atoms with Gasteiger partial charge in [0.05, 0.1) is 17.6 Å². The van der Waals surface area contributed by atoms with Gasteiger partial charge in [-0.25, -0.2) is 4.98 Å². The maximum Gasteiger partial charge on any atom is 0.0948 e. The van der Waals surface area contributed by atoms with Crippen molar-refractivity contribution in [2.45, 2.75) is 46.7 Å². The lowest BCUT2D eigenvalue weighted by Crippen LogP contribution is -2.36. The van der Waals surface area contributed by atoms with Crippen molar-refractivity contribution >= 4 is 0 Å². The van der Waals surface area contributed by atoms with Crippen LogP contribution in [0.5, 0.6) is 0 Å². The topological polar surface area (TPSA) is 29.9 Å². The summed E-state index contributed by atoms with van der Waals surface area (Å²) in [5.74, 6) is 1.37. The smallest absolute Gasteiger partial charge is 0.0948 e. The van der Waals surface area contributed by atoms with Crippen LogP contribution in [-0.2, 0) is 12.1 Å². The zero-order valence-electron chi connectivity index (χ0n) is 11.4. The SMILES string of the molecule is CNC(C)(C)c1cncn1CC(C)C(C)C. The molecule has 0 amide bonds. The summed E-state index contributed by atoms with van der Waals surface area (Å²) < 4.78 is 2.27. The van der Waals surface area contributed by atoms with Gasteiger partial charge in [0.25, 0.3) is 0 Å². The molecule has 1 rings (SSSR count). The fourth-order valence-corrected chi connectivity index (χ4v) is 1.64. The fraction of sp³-hybridized carbons (Fsp3) is 0.769. The van der Waals surface area contributed by atoms with Crippen LogP contribution >= 0.6 is 0 Å². The van der Waals surface area contributed by atoms with Crippen LogP contribution in [0.4, 0.5) is 0 Å². The van der Waals surface area contributed by atoms with E-state index >= 15 is 0 Å². The highest BCUT2D eigenvalue weighted by Gasteiger charge is 2.23. The van der Waals surface area contributed by atoms with E-state index in [2.05, 4.69) is 49.5 Å². The standard InChI is InChI=1S/C13H25N3/c1-10(2)11(3)8-16-9-15-7-12(16)13(4,5)14-6/h7,9-11,14H,8H2,1-6H3. The van der Waals surface area contributed by atoms with Crippen LogP contribution in [0.25, 0.3) is 0 Å². The Morgan fingerprint density at radius 1 is 1.38 bits per heavy atom. The Labute approximate surface area is 99.3 Å². The first-order valence-electron chi connectivity index (χ1n) is 6.08. The van der Waals surface area contributed by atoms with Gasteiger partial charge in [0, 0.05) is 12.7 Å². The number of imidazole rings is 1. The molecular weight excluding hydrogens is 198 g/mol. The van der Waals surface area contributed by atoms with E-state index in [9.17, 15) is 0 Å². The van der Waals surface area contributed by atoms with Crippen LogP contribution in [0.2, 0.25) is 0 Å². The molecule has 0 saturated heterocycles. The van der Waals surface area contributed by atoms with E-state index in [1.54, 1.807) is 0 Å². The third-order valence-corrected chi connectivity index (χ3v) is 3.60. The largest absolute Gasteiger partial charge is 0.333 e. The number of nitrogens with one attached hydrogen (secondary N) is 1.